The van der Waals surface area contributed by atoms with Crippen LogP contribution in [0.1, 0.15) is 53.4 Å². The highest BCUT2D eigenvalue weighted by molar-refractivity contribution is 6.29. The predicted molar refractivity (Wildman–Crippen MR) is 57.5 cm³/mol. The Balaban J connectivity index is 4.19. The van der Waals surface area contributed by atoms with Gasteiger partial charge in [-0.25, -0.2) is 0 Å². The van der Waals surface area contributed by atoms with Crippen LogP contribution in [-0.4, -0.2) is 0 Å². The maximum Gasteiger partial charge on any atom is 0.0142 e. The summed E-state index contributed by atoms with van der Waals surface area (Å²) >= 11 is 5.97. The highest BCUT2D eigenvalue weighted by Gasteiger charge is 2.09. The van der Waals surface area contributed by atoms with Crippen molar-refractivity contribution in [1.82, 2.24) is 0 Å². The van der Waals surface area contributed by atoms with Crippen LogP contribution < -0.4 is 0 Å². The minimum atomic E-state index is 0.720. The maximum absolute atomic E-state index is 5.97. The van der Waals surface area contributed by atoms with E-state index in [1.165, 1.54) is 31.3 Å². The molecule has 0 heterocycles. The van der Waals surface area contributed by atoms with Crippen LogP contribution in [-0.2, 0) is 0 Å². The van der Waals surface area contributed by atoms with E-state index in [1.54, 1.807) is 0 Å². The summed E-state index contributed by atoms with van der Waals surface area (Å²) in [6, 6.07) is 0. The predicted octanol–water partition coefficient (Wildman–Crippen LogP) is 4.74. The van der Waals surface area contributed by atoms with Gasteiger partial charge < -0.3 is 0 Å². The van der Waals surface area contributed by atoms with Gasteiger partial charge in [0.2, 0.25) is 0 Å². The lowest BCUT2D eigenvalue weighted by Gasteiger charge is -2.16. The molecule has 0 aromatic carbocycles. The molecule has 0 saturated carbocycles. The number of hydrogen-bond acceptors (Lipinski definition) is 0. The smallest absolute Gasteiger partial charge is 0.0142 e. The first-order chi connectivity index (χ1) is 5.63. The SMILES string of the molecule is CCCC(CCC)/C(C)=C(/C)Cl. The van der Waals surface area contributed by atoms with E-state index < -0.39 is 0 Å². The molecule has 0 aromatic heterocycles. The molecule has 0 spiro atoms. The van der Waals surface area contributed by atoms with Gasteiger partial charge in [0.15, 0.2) is 0 Å². The standard InChI is InChI=1S/C11H21Cl/c1-5-7-11(8-6-2)9(3)10(4)12/h11H,5-8H2,1-4H3/b10-9-. The molecule has 0 fully saturated rings. The molecule has 0 aliphatic heterocycles. The minimum absolute atomic E-state index is 0.720. The molecule has 0 aliphatic carbocycles. The number of allylic oxidation sites excluding steroid dienone is 2. The Kier molecular flexibility index (Phi) is 6.55. The van der Waals surface area contributed by atoms with Gasteiger partial charge >= 0.3 is 0 Å². The Bertz CT molecular complexity index is 137. The van der Waals surface area contributed by atoms with Crippen LogP contribution in [0, 0.1) is 5.92 Å². The van der Waals surface area contributed by atoms with E-state index in [1.807, 2.05) is 6.92 Å². The van der Waals surface area contributed by atoms with Crippen LogP contribution in [0.25, 0.3) is 0 Å². The molecule has 0 rings (SSSR count). The average Bonchev–Trinajstić information content (AvgIpc) is 2.03. The summed E-state index contributed by atoms with van der Waals surface area (Å²) in [5.74, 6) is 0.720. The molecule has 0 radical (unpaired) electrons. The van der Waals surface area contributed by atoms with E-state index >= 15 is 0 Å². The maximum atomic E-state index is 5.97. The Morgan fingerprint density at radius 2 is 1.50 bits per heavy atom. The number of rotatable bonds is 5. The van der Waals surface area contributed by atoms with Crippen molar-refractivity contribution in [2.24, 2.45) is 5.92 Å². The zero-order valence-corrected chi connectivity index (χ0v) is 9.54. The molecular formula is C11H21Cl. The average molecular weight is 189 g/mol. The van der Waals surface area contributed by atoms with Crippen molar-refractivity contribution < 1.29 is 0 Å². The summed E-state index contributed by atoms with van der Waals surface area (Å²) in [5.41, 5.74) is 1.39. The van der Waals surface area contributed by atoms with Gasteiger partial charge in [0.1, 0.15) is 0 Å². The minimum Gasteiger partial charge on any atom is -0.0895 e. The van der Waals surface area contributed by atoms with Gasteiger partial charge in [0, 0.05) is 5.03 Å². The fourth-order valence-electron chi connectivity index (χ4n) is 1.56. The highest BCUT2D eigenvalue weighted by Crippen LogP contribution is 2.25. The fraction of sp³-hybridized carbons (Fsp3) is 0.818. The Morgan fingerprint density at radius 3 is 1.75 bits per heavy atom. The molecule has 0 N–H and O–H groups in total. The van der Waals surface area contributed by atoms with Crippen LogP contribution in [0.3, 0.4) is 0 Å². The largest absolute Gasteiger partial charge is 0.0895 e. The summed E-state index contributed by atoms with van der Waals surface area (Å²) in [4.78, 5) is 0. The molecule has 0 amide bonds. The quantitative estimate of drug-likeness (QED) is 0.585. The van der Waals surface area contributed by atoms with Crippen molar-refractivity contribution in [2.45, 2.75) is 53.4 Å². The monoisotopic (exact) mass is 188 g/mol. The first kappa shape index (κ1) is 12.0. The van der Waals surface area contributed by atoms with Crippen LogP contribution in [0.4, 0.5) is 0 Å². The number of halogens is 1. The van der Waals surface area contributed by atoms with Crippen LogP contribution >= 0.6 is 11.6 Å². The lowest BCUT2D eigenvalue weighted by Crippen LogP contribution is -2.02. The van der Waals surface area contributed by atoms with Crippen molar-refractivity contribution in [3.05, 3.63) is 10.6 Å². The van der Waals surface area contributed by atoms with E-state index in [9.17, 15) is 0 Å². The Morgan fingerprint density at radius 1 is 1.08 bits per heavy atom. The summed E-state index contributed by atoms with van der Waals surface area (Å²) in [6.45, 7) is 8.63. The van der Waals surface area contributed by atoms with Crippen molar-refractivity contribution in [1.29, 1.82) is 0 Å². The normalized spacial score (nSPS) is 13.5. The highest BCUT2D eigenvalue weighted by atomic mass is 35.5. The third-order valence-corrected chi connectivity index (χ3v) is 2.73. The van der Waals surface area contributed by atoms with Gasteiger partial charge in [0.25, 0.3) is 0 Å². The lowest BCUT2D eigenvalue weighted by molar-refractivity contribution is 0.502. The van der Waals surface area contributed by atoms with E-state index in [4.69, 9.17) is 11.6 Å². The number of hydrogen-bond donors (Lipinski definition) is 0. The zero-order valence-electron chi connectivity index (χ0n) is 8.78. The second kappa shape index (κ2) is 6.54. The molecule has 0 bridgehead atoms. The van der Waals surface area contributed by atoms with E-state index in [0.29, 0.717) is 0 Å². The van der Waals surface area contributed by atoms with Gasteiger partial charge in [-0.3, -0.25) is 0 Å². The molecule has 72 valence electrons. The summed E-state index contributed by atoms with van der Waals surface area (Å²) in [5, 5.41) is 0.988. The first-order valence-electron chi connectivity index (χ1n) is 4.96. The summed E-state index contributed by atoms with van der Waals surface area (Å²) in [7, 11) is 0. The van der Waals surface area contributed by atoms with E-state index in [-0.39, 0.29) is 0 Å². The molecule has 0 aromatic rings. The third kappa shape index (κ3) is 4.15. The van der Waals surface area contributed by atoms with E-state index in [0.717, 1.165) is 11.0 Å². The van der Waals surface area contributed by atoms with Crippen LogP contribution in [0.15, 0.2) is 10.6 Å². The van der Waals surface area contributed by atoms with Crippen molar-refractivity contribution in [2.75, 3.05) is 0 Å². The summed E-state index contributed by atoms with van der Waals surface area (Å²) in [6.07, 6.45) is 5.08. The topological polar surface area (TPSA) is 0 Å². The second-order valence-corrected chi connectivity index (χ2v) is 4.06. The fourth-order valence-corrected chi connectivity index (χ4v) is 1.71. The molecule has 0 aliphatic rings. The molecule has 0 nitrogen and oxygen atoms in total. The third-order valence-electron chi connectivity index (χ3n) is 2.43. The Hall–Kier alpha value is 0.0300. The lowest BCUT2D eigenvalue weighted by atomic mass is 9.91. The van der Waals surface area contributed by atoms with Gasteiger partial charge in [-0.2, -0.15) is 0 Å². The molecule has 1 heteroatoms. The molecule has 0 saturated heterocycles. The van der Waals surface area contributed by atoms with Crippen molar-refractivity contribution >= 4 is 11.6 Å². The zero-order chi connectivity index (χ0) is 9.56. The van der Waals surface area contributed by atoms with Gasteiger partial charge in [0.05, 0.1) is 0 Å². The summed E-state index contributed by atoms with van der Waals surface area (Å²) < 4.78 is 0. The molecule has 0 unspecified atom stereocenters. The van der Waals surface area contributed by atoms with Crippen molar-refractivity contribution in [3.63, 3.8) is 0 Å². The molecule has 12 heavy (non-hydrogen) atoms. The van der Waals surface area contributed by atoms with Gasteiger partial charge in [-0.15, -0.1) is 0 Å². The van der Waals surface area contributed by atoms with Crippen molar-refractivity contribution in [3.8, 4) is 0 Å². The van der Waals surface area contributed by atoms with Crippen LogP contribution in [0.5, 0.6) is 0 Å². The van der Waals surface area contributed by atoms with Gasteiger partial charge in [-0.05, 0) is 32.6 Å². The molecular weight excluding hydrogens is 168 g/mol. The Labute approximate surface area is 82.0 Å². The van der Waals surface area contributed by atoms with Crippen LogP contribution in [0.2, 0.25) is 0 Å². The first-order valence-corrected chi connectivity index (χ1v) is 5.34. The van der Waals surface area contributed by atoms with E-state index in [2.05, 4.69) is 20.8 Å². The van der Waals surface area contributed by atoms with Gasteiger partial charge in [-0.1, -0.05) is 43.9 Å². The second-order valence-electron chi connectivity index (χ2n) is 3.49. The molecule has 0 atom stereocenters.